The van der Waals surface area contributed by atoms with Gasteiger partial charge in [0.25, 0.3) is 11.8 Å². The largest absolute Gasteiger partial charge is 0.375 e. The molecule has 1 aliphatic rings. The number of thiocarbonyl (C=S) groups is 1. The predicted octanol–water partition coefficient (Wildman–Crippen LogP) is 2.31. The van der Waals surface area contributed by atoms with Gasteiger partial charge in [0.2, 0.25) is 5.91 Å². The van der Waals surface area contributed by atoms with Crippen molar-refractivity contribution in [2.45, 2.75) is 0 Å². The number of carbonyl (C=O) groups is 3. The fourth-order valence-corrected chi connectivity index (χ4v) is 2.93. The summed E-state index contributed by atoms with van der Waals surface area (Å²) in [6, 6.07) is 12.3. The predicted molar refractivity (Wildman–Crippen MR) is 115 cm³/mol. The van der Waals surface area contributed by atoms with E-state index in [-0.39, 0.29) is 16.5 Å². The molecule has 1 aliphatic heterocycles. The van der Waals surface area contributed by atoms with Crippen LogP contribution in [0, 0.1) is 5.92 Å². The molecule has 0 aliphatic carbocycles. The van der Waals surface area contributed by atoms with Gasteiger partial charge < -0.3 is 11.1 Å². The monoisotopic (exact) mass is 449 g/mol. The number of halogens is 2. The third kappa shape index (κ3) is 4.53. The Morgan fingerprint density at radius 2 is 1.59 bits per heavy atom. The van der Waals surface area contributed by atoms with Gasteiger partial charge in [0.05, 0.1) is 5.69 Å². The van der Waals surface area contributed by atoms with Gasteiger partial charge in [-0.2, -0.15) is 5.10 Å². The van der Waals surface area contributed by atoms with Gasteiger partial charge in [-0.05, 0) is 60.7 Å². The Morgan fingerprint density at radius 3 is 2.14 bits per heavy atom. The molecule has 1 heterocycles. The molecule has 0 spiro atoms. The molecule has 3 rings (SSSR count). The van der Waals surface area contributed by atoms with E-state index < -0.39 is 23.6 Å². The molecule has 1 saturated heterocycles. The minimum Gasteiger partial charge on any atom is -0.375 e. The quantitative estimate of drug-likeness (QED) is 0.285. The first-order chi connectivity index (χ1) is 13.8. The van der Waals surface area contributed by atoms with Crippen LogP contribution in [0.3, 0.4) is 0 Å². The minimum atomic E-state index is -1.50. The Morgan fingerprint density at radius 1 is 1.03 bits per heavy atom. The van der Waals surface area contributed by atoms with Crippen molar-refractivity contribution in [2.75, 3.05) is 10.2 Å². The summed E-state index contributed by atoms with van der Waals surface area (Å²) in [5.74, 6) is -3.80. The van der Waals surface area contributed by atoms with Crippen molar-refractivity contribution in [1.82, 2.24) is 5.43 Å². The van der Waals surface area contributed by atoms with Gasteiger partial charge >= 0.3 is 0 Å². The van der Waals surface area contributed by atoms with E-state index in [1.165, 1.54) is 24.3 Å². The highest BCUT2D eigenvalue weighted by atomic mass is 35.5. The molecule has 0 saturated carbocycles. The average molecular weight is 450 g/mol. The molecular formula is C18H13Cl2N5O3S. The molecule has 1 atom stereocenters. The molecule has 11 heteroatoms. The second kappa shape index (κ2) is 8.56. The van der Waals surface area contributed by atoms with Gasteiger partial charge in [0, 0.05) is 15.7 Å². The Kier molecular flexibility index (Phi) is 6.12. The molecule has 2 aromatic rings. The number of imide groups is 1. The number of nitrogens with two attached hydrogens (primary N) is 1. The van der Waals surface area contributed by atoms with Gasteiger partial charge in [-0.15, -0.1) is 0 Å². The Labute approximate surface area is 180 Å². The van der Waals surface area contributed by atoms with Crippen LogP contribution in [0.15, 0.2) is 53.6 Å². The Balaban J connectivity index is 1.95. The van der Waals surface area contributed by atoms with Crippen molar-refractivity contribution in [1.29, 1.82) is 0 Å². The maximum absolute atomic E-state index is 13.0. The SMILES string of the molecule is NC(=S)N/N=C1/C(=O)N(c2ccc(Cl)cc2)C(=O)[C@H]1C(=O)Nc1ccc(Cl)cc1. The lowest BCUT2D eigenvalue weighted by Crippen LogP contribution is -2.35. The molecule has 2 aromatic carbocycles. The average Bonchev–Trinajstić information content (AvgIpc) is 2.92. The van der Waals surface area contributed by atoms with E-state index in [1.54, 1.807) is 24.3 Å². The van der Waals surface area contributed by atoms with E-state index >= 15 is 0 Å². The highest BCUT2D eigenvalue weighted by Crippen LogP contribution is 2.27. The molecule has 0 aromatic heterocycles. The standard InChI is InChI=1S/C18H13Cl2N5O3S/c19-9-1-5-11(6-2-9)22-15(26)13-14(23-24-18(21)29)17(28)25(16(13)27)12-7-3-10(20)4-8-12/h1-8,13H,(H,22,26)(H3,21,24,29)/b23-14+/t13-/m1/s1. The zero-order chi connectivity index (χ0) is 21.1. The number of anilines is 2. The summed E-state index contributed by atoms with van der Waals surface area (Å²) < 4.78 is 0. The van der Waals surface area contributed by atoms with E-state index in [0.717, 1.165) is 4.90 Å². The molecule has 4 N–H and O–H groups in total. The zero-order valence-corrected chi connectivity index (χ0v) is 16.9. The maximum atomic E-state index is 13.0. The van der Waals surface area contributed by atoms with Gasteiger partial charge in [-0.25, -0.2) is 4.90 Å². The lowest BCUT2D eigenvalue weighted by molar-refractivity contribution is -0.127. The normalized spacial score (nSPS) is 17.5. The summed E-state index contributed by atoms with van der Waals surface area (Å²) in [7, 11) is 0. The van der Waals surface area contributed by atoms with Gasteiger partial charge in [0.15, 0.2) is 11.0 Å². The van der Waals surface area contributed by atoms with Crippen molar-refractivity contribution in [3.63, 3.8) is 0 Å². The number of benzene rings is 2. The molecule has 8 nitrogen and oxygen atoms in total. The van der Waals surface area contributed by atoms with Crippen LogP contribution in [0.4, 0.5) is 11.4 Å². The second-order valence-corrected chi connectivity index (χ2v) is 7.17. The molecule has 0 unspecified atom stereocenters. The number of hydrogen-bond donors (Lipinski definition) is 3. The number of carbonyl (C=O) groups excluding carboxylic acids is 3. The fraction of sp³-hybridized carbons (Fsp3) is 0.0556. The van der Waals surface area contributed by atoms with Crippen LogP contribution in [0.5, 0.6) is 0 Å². The van der Waals surface area contributed by atoms with Crippen molar-refractivity contribution in [3.8, 4) is 0 Å². The van der Waals surface area contributed by atoms with Crippen molar-refractivity contribution < 1.29 is 14.4 Å². The molecule has 0 bridgehead atoms. The van der Waals surface area contributed by atoms with E-state index in [0.29, 0.717) is 15.7 Å². The van der Waals surface area contributed by atoms with Crippen LogP contribution in [0.2, 0.25) is 10.0 Å². The second-order valence-electron chi connectivity index (χ2n) is 5.86. The van der Waals surface area contributed by atoms with E-state index in [9.17, 15) is 14.4 Å². The van der Waals surface area contributed by atoms with Crippen LogP contribution < -0.4 is 21.4 Å². The zero-order valence-electron chi connectivity index (χ0n) is 14.6. The van der Waals surface area contributed by atoms with Gasteiger partial charge in [-0.3, -0.25) is 19.8 Å². The highest BCUT2D eigenvalue weighted by Gasteiger charge is 2.50. The molecular weight excluding hydrogens is 437 g/mol. The molecule has 3 amide bonds. The van der Waals surface area contributed by atoms with Crippen molar-refractivity contribution in [2.24, 2.45) is 16.8 Å². The summed E-state index contributed by atoms with van der Waals surface area (Å²) in [5, 5.41) is 7.04. The summed E-state index contributed by atoms with van der Waals surface area (Å²) in [6.07, 6.45) is 0. The number of hydrogen-bond acceptors (Lipinski definition) is 5. The highest BCUT2D eigenvalue weighted by molar-refractivity contribution is 7.80. The van der Waals surface area contributed by atoms with Crippen LogP contribution in [-0.4, -0.2) is 28.5 Å². The lowest BCUT2D eigenvalue weighted by atomic mass is 10.0. The summed E-state index contributed by atoms with van der Waals surface area (Å²) in [4.78, 5) is 39.5. The van der Waals surface area contributed by atoms with Crippen molar-refractivity contribution >= 4 is 75.3 Å². The number of amides is 3. The maximum Gasteiger partial charge on any atom is 0.282 e. The van der Waals surface area contributed by atoms with Crippen LogP contribution >= 0.6 is 35.4 Å². The summed E-state index contributed by atoms with van der Waals surface area (Å²) >= 11 is 16.4. The molecule has 0 radical (unpaired) electrons. The summed E-state index contributed by atoms with van der Waals surface area (Å²) in [6.45, 7) is 0. The third-order valence-electron chi connectivity index (χ3n) is 3.91. The number of hydrazone groups is 1. The summed E-state index contributed by atoms with van der Waals surface area (Å²) in [5.41, 5.74) is 7.90. The molecule has 148 valence electrons. The molecule has 29 heavy (non-hydrogen) atoms. The first-order valence-electron chi connectivity index (χ1n) is 8.11. The Bertz CT molecular complexity index is 1020. The van der Waals surface area contributed by atoms with E-state index in [1.807, 2.05) is 0 Å². The topological polar surface area (TPSA) is 117 Å². The Hall–Kier alpha value is -3.01. The number of rotatable bonds is 4. The first kappa shape index (κ1) is 20.7. The first-order valence-corrected chi connectivity index (χ1v) is 9.27. The lowest BCUT2D eigenvalue weighted by Gasteiger charge is -2.14. The van der Waals surface area contributed by atoms with E-state index in [2.05, 4.69) is 28.1 Å². The van der Waals surface area contributed by atoms with Crippen LogP contribution in [0.1, 0.15) is 0 Å². The third-order valence-corrected chi connectivity index (χ3v) is 4.50. The smallest absolute Gasteiger partial charge is 0.282 e. The minimum absolute atomic E-state index is 0.223. The molecule has 1 fully saturated rings. The van der Waals surface area contributed by atoms with Gasteiger partial charge in [-0.1, -0.05) is 23.2 Å². The van der Waals surface area contributed by atoms with Crippen molar-refractivity contribution in [3.05, 3.63) is 58.6 Å². The fourth-order valence-electron chi connectivity index (χ4n) is 2.63. The van der Waals surface area contributed by atoms with Gasteiger partial charge in [0.1, 0.15) is 5.71 Å². The van der Waals surface area contributed by atoms with E-state index in [4.69, 9.17) is 28.9 Å². The number of nitrogens with one attached hydrogen (secondary N) is 2. The van der Waals surface area contributed by atoms with Crippen LogP contribution in [-0.2, 0) is 14.4 Å². The van der Waals surface area contributed by atoms with Crippen LogP contribution in [0.25, 0.3) is 0 Å². The number of nitrogens with zero attached hydrogens (tertiary/aromatic N) is 2.